The summed E-state index contributed by atoms with van der Waals surface area (Å²) in [6.07, 6.45) is 5.37. The lowest BCUT2D eigenvalue weighted by atomic mass is 10.0. The molecule has 21 heavy (non-hydrogen) atoms. The van der Waals surface area contributed by atoms with Crippen molar-refractivity contribution < 1.29 is 14.2 Å². The molecular formula is C14H22FN3O3. The Labute approximate surface area is 122 Å². The van der Waals surface area contributed by atoms with Crippen molar-refractivity contribution in [2.75, 3.05) is 12.3 Å². The molecule has 0 spiro atoms. The van der Waals surface area contributed by atoms with E-state index in [2.05, 4.69) is 11.9 Å². The van der Waals surface area contributed by atoms with Gasteiger partial charge in [0.25, 0.3) is 0 Å². The molecule has 1 fully saturated rings. The Morgan fingerprint density at radius 3 is 3.00 bits per heavy atom. The van der Waals surface area contributed by atoms with Gasteiger partial charge in [-0.05, 0) is 25.7 Å². The summed E-state index contributed by atoms with van der Waals surface area (Å²) in [5.74, 6) is -1.14. The van der Waals surface area contributed by atoms with Gasteiger partial charge in [0.15, 0.2) is 11.6 Å². The third-order valence-electron chi connectivity index (χ3n) is 3.97. The first-order valence-corrected chi connectivity index (χ1v) is 7.36. The molecule has 7 heteroatoms. The number of ether oxygens (including phenoxy) is 1. The van der Waals surface area contributed by atoms with Crippen molar-refractivity contribution in [3.05, 3.63) is 22.5 Å². The number of aliphatic hydroxyl groups excluding tert-OH is 1. The van der Waals surface area contributed by atoms with Crippen LogP contribution in [0.1, 0.15) is 45.4 Å². The third kappa shape index (κ3) is 3.24. The van der Waals surface area contributed by atoms with Gasteiger partial charge >= 0.3 is 5.69 Å². The first-order valence-electron chi connectivity index (χ1n) is 7.36. The highest BCUT2D eigenvalue weighted by molar-refractivity contribution is 5.26. The molecule has 0 aromatic carbocycles. The van der Waals surface area contributed by atoms with Crippen LogP contribution in [0, 0.1) is 5.82 Å². The lowest BCUT2D eigenvalue weighted by molar-refractivity contribution is -0.119. The molecule has 6 nitrogen and oxygen atoms in total. The topological polar surface area (TPSA) is 90.4 Å². The molecule has 0 unspecified atom stereocenters. The molecule has 3 N–H and O–H groups in total. The van der Waals surface area contributed by atoms with E-state index in [1.165, 1.54) is 4.57 Å². The molecule has 2 heterocycles. The lowest BCUT2D eigenvalue weighted by Gasteiger charge is -2.31. The number of rotatable bonds is 6. The molecule has 2 atom stereocenters. The van der Waals surface area contributed by atoms with E-state index in [0.717, 1.165) is 25.5 Å². The molecule has 0 radical (unpaired) electrons. The number of halogens is 1. The van der Waals surface area contributed by atoms with Gasteiger partial charge in [0.1, 0.15) is 5.72 Å². The SMILES string of the molecule is CCCCC[C@]1(n2cc(F)c(N)nc2=O)CC[C@@H](CO)O1. The standard InChI is InChI=1S/C14H22FN3O3/c1-2-3-4-6-14(7-5-10(9-19)21-14)18-8-11(15)12(16)17-13(18)20/h8,10,19H,2-7,9H2,1H3,(H2,16,17,20)/t10-,14+/m0/s1. The first-order chi connectivity index (χ1) is 10.0. The normalized spacial score (nSPS) is 25.4. The van der Waals surface area contributed by atoms with Gasteiger partial charge < -0.3 is 15.6 Å². The maximum Gasteiger partial charge on any atom is 0.352 e. The number of anilines is 1. The number of aromatic nitrogens is 2. The Morgan fingerprint density at radius 2 is 2.38 bits per heavy atom. The molecule has 0 saturated carbocycles. The molecule has 2 rings (SSSR count). The second-order valence-electron chi connectivity index (χ2n) is 5.49. The summed E-state index contributed by atoms with van der Waals surface area (Å²) in [4.78, 5) is 15.6. The van der Waals surface area contributed by atoms with Gasteiger partial charge in [-0.15, -0.1) is 0 Å². The van der Waals surface area contributed by atoms with Gasteiger partial charge in [0.2, 0.25) is 0 Å². The Bertz CT molecular complexity index is 549. The summed E-state index contributed by atoms with van der Waals surface area (Å²) >= 11 is 0. The second kappa shape index (κ2) is 6.53. The van der Waals surface area contributed by atoms with E-state index in [0.29, 0.717) is 19.3 Å². The predicted octanol–water partition coefficient (Wildman–Crippen LogP) is 1.37. The van der Waals surface area contributed by atoms with E-state index >= 15 is 0 Å². The predicted molar refractivity (Wildman–Crippen MR) is 76.2 cm³/mol. The Kier molecular flexibility index (Phi) is 4.95. The van der Waals surface area contributed by atoms with Crippen LogP contribution in [0.25, 0.3) is 0 Å². The molecule has 1 aliphatic heterocycles. The highest BCUT2D eigenvalue weighted by Gasteiger charge is 2.42. The number of nitrogen functional groups attached to an aromatic ring is 1. The van der Waals surface area contributed by atoms with Crippen LogP contribution >= 0.6 is 0 Å². The summed E-state index contributed by atoms with van der Waals surface area (Å²) in [6.45, 7) is 1.96. The van der Waals surface area contributed by atoms with E-state index in [1.807, 2.05) is 0 Å². The monoisotopic (exact) mass is 299 g/mol. The van der Waals surface area contributed by atoms with E-state index in [4.69, 9.17) is 10.5 Å². The van der Waals surface area contributed by atoms with E-state index in [1.54, 1.807) is 0 Å². The van der Waals surface area contributed by atoms with Crippen LogP contribution in [0.15, 0.2) is 11.0 Å². The Balaban J connectivity index is 2.36. The molecule has 1 aromatic rings. The van der Waals surface area contributed by atoms with Gasteiger partial charge in [-0.2, -0.15) is 4.98 Å². The zero-order chi connectivity index (χ0) is 15.5. The van der Waals surface area contributed by atoms with Crippen LogP contribution in [0.5, 0.6) is 0 Å². The molecule has 1 saturated heterocycles. The average Bonchev–Trinajstić information content (AvgIpc) is 2.88. The summed E-state index contributed by atoms with van der Waals surface area (Å²) in [7, 11) is 0. The fourth-order valence-corrected chi connectivity index (χ4v) is 2.81. The van der Waals surface area contributed by atoms with Crippen LogP contribution in [-0.4, -0.2) is 27.4 Å². The molecule has 1 aromatic heterocycles. The van der Waals surface area contributed by atoms with Crippen molar-refractivity contribution in [1.29, 1.82) is 0 Å². The van der Waals surface area contributed by atoms with Crippen molar-refractivity contribution in [3.8, 4) is 0 Å². The van der Waals surface area contributed by atoms with Crippen LogP contribution in [-0.2, 0) is 10.5 Å². The van der Waals surface area contributed by atoms with Crippen LogP contribution in [0.2, 0.25) is 0 Å². The van der Waals surface area contributed by atoms with Gasteiger partial charge in [-0.3, -0.25) is 4.57 Å². The van der Waals surface area contributed by atoms with E-state index in [-0.39, 0.29) is 12.7 Å². The summed E-state index contributed by atoms with van der Waals surface area (Å²) < 4.78 is 20.8. The summed E-state index contributed by atoms with van der Waals surface area (Å²) in [5, 5.41) is 9.26. The number of unbranched alkanes of at least 4 members (excludes halogenated alkanes) is 2. The second-order valence-corrected chi connectivity index (χ2v) is 5.49. The van der Waals surface area contributed by atoms with Gasteiger partial charge in [0, 0.05) is 0 Å². The maximum absolute atomic E-state index is 13.7. The average molecular weight is 299 g/mol. The number of nitrogens with two attached hydrogens (primary N) is 1. The highest BCUT2D eigenvalue weighted by atomic mass is 19.1. The number of aliphatic hydroxyl groups is 1. The van der Waals surface area contributed by atoms with E-state index < -0.39 is 23.0 Å². The summed E-state index contributed by atoms with van der Waals surface area (Å²) in [5.41, 5.74) is 3.78. The van der Waals surface area contributed by atoms with Crippen molar-refractivity contribution in [2.45, 2.75) is 57.3 Å². The molecule has 0 bridgehead atoms. The minimum absolute atomic E-state index is 0.116. The van der Waals surface area contributed by atoms with Crippen molar-refractivity contribution in [2.24, 2.45) is 0 Å². The third-order valence-corrected chi connectivity index (χ3v) is 3.97. The molecule has 0 amide bonds. The minimum Gasteiger partial charge on any atom is -0.394 e. The fraction of sp³-hybridized carbons (Fsp3) is 0.714. The Morgan fingerprint density at radius 1 is 1.62 bits per heavy atom. The molecular weight excluding hydrogens is 277 g/mol. The van der Waals surface area contributed by atoms with Crippen molar-refractivity contribution in [3.63, 3.8) is 0 Å². The van der Waals surface area contributed by atoms with Gasteiger partial charge in [-0.25, -0.2) is 9.18 Å². The number of hydrogen-bond acceptors (Lipinski definition) is 5. The van der Waals surface area contributed by atoms with Crippen LogP contribution in [0.3, 0.4) is 0 Å². The Hall–Kier alpha value is -1.47. The van der Waals surface area contributed by atoms with Gasteiger partial charge in [0.05, 0.1) is 18.9 Å². The van der Waals surface area contributed by atoms with E-state index in [9.17, 15) is 14.3 Å². The number of hydrogen-bond donors (Lipinski definition) is 2. The lowest BCUT2D eigenvalue weighted by Crippen LogP contribution is -2.43. The van der Waals surface area contributed by atoms with Crippen LogP contribution in [0.4, 0.5) is 10.2 Å². The minimum atomic E-state index is -0.929. The van der Waals surface area contributed by atoms with Crippen molar-refractivity contribution >= 4 is 5.82 Å². The highest BCUT2D eigenvalue weighted by Crippen LogP contribution is 2.38. The quantitative estimate of drug-likeness (QED) is 0.774. The number of nitrogens with zero attached hydrogens (tertiary/aromatic N) is 2. The largest absolute Gasteiger partial charge is 0.394 e. The zero-order valence-electron chi connectivity index (χ0n) is 12.2. The fourth-order valence-electron chi connectivity index (χ4n) is 2.81. The smallest absolute Gasteiger partial charge is 0.352 e. The first kappa shape index (κ1) is 15.9. The van der Waals surface area contributed by atoms with Crippen LogP contribution < -0.4 is 11.4 Å². The molecule has 0 aliphatic carbocycles. The maximum atomic E-state index is 13.7. The van der Waals surface area contributed by atoms with Gasteiger partial charge in [-0.1, -0.05) is 19.8 Å². The molecule has 1 aliphatic rings. The molecule has 118 valence electrons. The van der Waals surface area contributed by atoms with Crippen molar-refractivity contribution in [1.82, 2.24) is 9.55 Å². The zero-order valence-corrected chi connectivity index (χ0v) is 12.2. The summed E-state index contributed by atoms with van der Waals surface area (Å²) in [6, 6.07) is 0.